The number of nitrogens with one attached hydrogen (secondary N) is 3. The van der Waals surface area contributed by atoms with Gasteiger partial charge in [-0.15, -0.1) is 0 Å². The summed E-state index contributed by atoms with van der Waals surface area (Å²) in [6, 6.07) is 30.7. The first-order chi connectivity index (χ1) is 17.2. The van der Waals surface area contributed by atoms with E-state index in [1.165, 1.54) is 22.5 Å². The van der Waals surface area contributed by atoms with E-state index in [0.29, 0.717) is 17.3 Å². The number of aromatic amines is 2. The van der Waals surface area contributed by atoms with Crippen LogP contribution in [0.2, 0.25) is 0 Å². The number of nitrogens with zero attached hydrogens (tertiary/aromatic N) is 2. The van der Waals surface area contributed by atoms with Crippen LogP contribution < -0.4 is 10.9 Å². The molecule has 1 amide bonds. The molecule has 0 aliphatic rings. The number of para-hydroxylation sites is 1. The fourth-order valence-electron chi connectivity index (χ4n) is 3.72. The van der Waals surface area contributed by atoms with E-state index < -0.39 is 0 Å². The van der Waals surface area contributed by atoms with E-state index in [2.05, 4.69) is 15.4 Å². The highest BCUT2D eigenvalue weighted by Crippen LogP contribution is 2.32. The van der Waals surface area contributed by atoms with Crippen molar-refractivity contribution in [3.05, 3.63) is 107 Å². The van der Waals surface area contributed by atoms with Gasteiger partial charge in [-0.25, -0.2) is 9.67 Å². The number of imidazole rings is 1. The number of benzene rings is 3. The molecule has 7 nitrogen and oxygen atoms in total. The molecule has 0 radical (unpaired) electrons. The van der Waals surface area contributed by atoms with Gasteiger partial charge in [-0.2, -0.15) is 0 Å². The molecular formula is C27H23N5O2S. The second-order valence-corrected chi connectivity index (χ2v) is 8.91. The van der Waals surface area contributed by atoms with Gasteiger partial charge in [0.1, 0.15) is 5.82 Å². The van der Waals surface area contributed by atoms with Gasteiger partial charge < -0.3 is 10.3 Å². The fraction of sp³-hybridized carbons (Fsp3) is 0.0741. The molecule has 5 rings (SSSR count). The number of H-pyrrole nitrogens is 2. The Morgan fingerprint density at radius 1 is 0.886 bits per heavy atom. The number of carbonyl (C=O) groups excluding carboxylic acids is 1. The highest BCUT2D eigenvalue weighted by atomic mass is 32.2. The minimum absolute atomic E-state index is 0.183. The van der Waals surface area contributed by atoms with Gasteiger partial charge in [0.25, 0.3) is 5.56 Å². The molecule has 0 atom stereocenters. The Kier molecular flexibility index (Phi) is 6.63. The van der Waals surface area contributed by atoms with Gasteiger partial charge in [0, 0.05) is 29.4 Å². The number of aromatic nitrogens is 4. The maximum absolute atomic E-state index is 12.5. The Bertz CT molecular complexity index is 1420. The molecule has 0 aliphatic heterocycles. The van der Waals surface area contributed by atoms with Gasteiger partial charge in [-0.1, -0.05) is 90.6 Å². The minimum Gasteiger partial charge on any atom is -0.332 e. The lowest BCUT2D eigenvalue weighted by molar-refractivity contribution is -0.115. The van der Waals surface area contributed by atoms with Crippen LogP contribution in [0.25, 0.3) is 28.2 Å². The Hall–Kier alpha value is -4.30. The lowest BCUT2D eigenvalue weighted by Gasteiger charge is -2.03. The summed E-state index contributed by atoms with van der Waals surface area (Å²) in [6.45, 7) is 0. The second-order valence-electron chi connectivity index (χ2n) is 7.82. The zero-order valence-corrected chi connectivity index (χ0v) is 19.6. The van der Waals surface area contributed by atoms with Crippen molar-refractivity contribution in [3.63, 3.8) is 0 Å². The third kappa shape index (κ3) is 5.28. The fourth-order valence-corrected chi connectivity index (χ4v) is 4.53. The van der Waals surface area contributed by atoms with Gasteiger partial charge >= 0.3 is 0 Å². The third-order valence-electron chi connectivity index (χ3n) is 5.37. The Morgan fingerprint density at radius 3 is 2.20 bits per heavy atom. The molecule has 2 aromatic heterocycles. The largest absolute Gasteiger partial charge is 0.332 e. The van der Waals surface area contributed by atoms with Crippen molar-refractivity contribution in [1.29, 1.82) is 0 Å². The van der Waals surface area contributed by atoms with Crippen molar-refractivity contribution < 1.29 is 4.79 Å². The van der Waals surface area contributed by atoms with Crippen LogP contribution in [0.4, 0.5) is 5.82 Å². The highest BCUT2D eigenvalue weighted by Gasteiger charge is 2.15. The van der Waals surface area contributed by atoms with E-state index in [0.717, 1.165) is 27.7 Å². The van der Waals surface area contributed by atoms with Crippen LogP contribution in [0, 0.1) is 0 Å². The first kappa shape index (κ1) is 22.5. The maximum atomic E-state index is 12.5. The predicted molar refractivity (Wildman–Crippen MR) is 140 cm³/mol. The molecule has 3 aromatic carbocycles. The van der Waals surface area contributed by atoms with E-state index >= 15 is 0 Å². The third-order valence-corrected chi connectivity index (χ3v) is 6.24. The van der Waals surface area contributed by atoms with Crippen molar-refractivity contribution in [2.75, 3.05) is 11.1 Å². The number of rotatable bonds is 8. The molecule has 0 aliphatic carbocycles. The highest BCUT2D eigenvalue weighted by molar-refractivity contribution is 7.99. The van der Waals surface area contributed by atoms with E-state index in [9.17, 15) is 9.59 Å². The van der Waals surface area contributed by atoms with Gasteiger partial charge in [0.15, 0.2) is 5.16 Å². The quantitative estimate of drug-likeness (QED) is 0.261. The average Bonchev–Trinajstić information content (AvgIpc) is 3.49. The van der Waals surface area contributed by atoms with Crippen molar-refractivity contribution in [1.82, 2.24) is 19.7 Å². The van der Waals surface area contributed by atoms with Gasteiger partial charge in [-0.3, -0.25) is 14.7 Å². The number of carbonyl (C=O) groups is 1. The van der Waals surface area contributed by atoms with Crippen LogP contribution in [-0.4, -0.2) is 31.4 Å². The number of thioether (sulfide) groups is 1. The van der Waals surface area contributed by atoms with Crippen LogP contribution in [-0.2, 0) is 4.79 Å². The molecule has 0 bridgehead atoms. The zero-order chi connectivity index (χ0) is 24.0. The molecule has 0 saturated carbocycles. The van der Waals surface area contributed by atoms with E-state index in [1.54, 1.807) is 0 Å². The summed E-state index contributed by atoms with van der Waals surface area (Å²) < 4.78 is 1.39. The normalized spacial score (nSPS) is 10.9. The first-order valence-corrected chi connectivity index (χ1v) is 12.2. The van der Waals surface area contributed by atoms with Gasteiger partial charge in [0.05, 0.1) is 17.1 Å². The second kappa shape index (κ2) is 10.3. The van der Waals surface area contributed by atoms with Crippen molar-refractivity contribution in [3.8, 4) is 28.2 Å². The molecule has 174 valence electrons. The number of hydrogen-bond donors (Lipinski definition) is 3. The standard InChI is InChI=1S/C27H23N5O2S/c33-23(28-22-18-24(34)32(31-22)21-14-8-3-9-15-21)16-17-35-27-29-25(19-10-4-1-5-11-19)26(30-27)20-12-6-2-7-13-20/h1-15,18,31H,16-17H2,(H,28,33)(H,29,30). The van der Waals surface area contributed by atoms with Crippen molar-refractivity contribution in [2.45, 2.75) is 11.6 Å². The Balaban J connectivity index is 1.25. The summed E-state index contributed by atoms with van der Waals surface area (Å²) in [5, 5.41) is 6.45. The monoisotopic (exact) mass is 481 g/mol. The van der Waals surface area contributed by atoms with E-state index in [4.69, 9.17) is 4.98 Å². The Labute approximate surface area is 206 Å². The van der Waals surface area contributed by atoms with E-state index in [-0.39, 0.29) is 17.9 Å². The molecule has 5 aromatic rings. The van der Waals surface area contributed by atoms with E-state index in [1.807, 2.05) is 91.0 Å². The molecule has 3 N–H and O–H groups in total. The first-order valence-electron chi connectivity index (χ1n) is 11.2. The van der Waals surface area contributed by atoms with Crippen LogP contribution in [0.15, 0.2) is 107 Å². The van der Waals surface area contributed by atoms with Gasteiger partial charge in [-0.05, 0) is 12.1 Å². The lowest BCUT2D eigenvalue weighted by Crippen LogP contribution is -2.13. The zero-order valence-electron chi connectivity index (χ0n) is 18.8. The summed E-state index contributed by atoms with van der Waals surface area (Å²) in [4.78, 5) is 33.0. The number of hydrogen-bond acceptors (Lipinski definition) is 4. The molecule has 0 fully saturated rings. The Morgan fingerprint density at radius 2 is 1.51 bits per heavy atom. The van der Waals surface area contributed by atoms with Crippen molar-refractivity contribution >= 4 is 23.5 Å². The summed E-state index contributed by atoms with van der Waals surface area (Å²) in [5.41, 5.74) is 4.37. The van der Waals surface area contributed by atoms with Crippen LogP contribution in [0.3, 0.4) is 0 Å². The van der Waals surface area contributed by atoms with Gasteiger partial charge in [0.2, 0.25) is 5.91 Å². The summed E-state index contributed by atoms with van der Waals surface area (Å²) in [7, 11) is 0. The number of anilines is 1. The molecule has 0 saturated heterocycles. The SMILES string of the molecule is O=C(CCSc1nc(-c2ccccc2)c(-c2ccccc2)[nH]1)Nc1cc(=O)n(-c2ccccc2)[nH]1. The average molecular weight is 482 g/mol. The van der Waals surface area contributed by atoms with Crippen LogP contribution >= 0.6 is 11.8 Å². The predicted octanol–water partition coefficient (Wildman–Crippen LogP) is 5.34. The summed E-state index contributed by atoms with van der Waals surface area (Å²) in [6.07, 6.45) is 0.269. The molecule has 8 heteroatoms. The smallest absolute Gasteiger partial charge is 0.273 e. The molecule has 35 heavy (non-hydrogen) atoms. The lowest BCUT2D eigenvalue weighted by atomic mass is 10.1. The topological polar surface area (TPSA) is 95.6 Å². The molecular weight excluding hydrogens is 458 g/mol. The number of amides is 1. The molecule has 0 unspecified atom stereocenters. The minimum atomic E-state index is -0.238. The van der Waals surface area contributed by atoms with Crippen LogP contribution in [0.5, 0.6) is 0 Å². The maximum Gasteiger partial charge on any atom is 0.273 e. The van der Waals surface area contributed by atoms with Crippen LogP contribution in [0.1, 0.15) is 6.42 Å². The molecule has 2 heterocycles. The summed E-state index contributed by atoms with van der Waals surface area (Å²) in [5.74, 6) is 0.715. The molecule has 0 spiro atoms. The summed E-state index contributed by atoms with van der Waals surface area (Å²) >= 11 is 1.48. The van der Waals surface area contributed by atoms with Crippen molar-refractivity contribution in [2.24, 2.45) is 0 Å².